The summed E-state index contributed by atoms with van der Waals surface area (Å²) in [5.74, 6) is -0.985. The van der Waals surface area contributed by atoms with E-state index in [-0.39, 0.29) is 37.5 Å². The number of unbranched alkanes of at least 4 members (excludes halogenated alkanes) is 17. The zero-order valence-corrected chi connectivity index (χ0v) is 45.7. The molecule has 0 aliphatic heterocycles. The second-order valence-corrected chi connectivity index (χ2v) is 18.4. The maximum Gasteiger partial charge on any atom is 0.306 e. The summed E-state index contributed by atoms with van der Waals surface area (Å²) in [5, 5.41) is 0. The van der Waals surface area contributed by atoms with Crippen LogP contribution in [0.5, 0.6) is 0 Å². The molecule has 71 heavy (non-hydrogen) atoms. The molecule has 0 aliphatic carbocycles. The van der Waals surface area contributed by atoms with E-state index < -0.39 is 6.10 Å². The molecule has 0 amide bonds. The van der Waals surface area contributed by atoms with Gasteiger partial charge >= 0.3 is 17.9 Å². The molecule has 0 spiro atoms. The first-order valence-electron chi connectivity index (χ1n) is 28.7. The van der Waals surface area contributed by atoms with Gasteiger partial charge in [0.1, 0.15) is 13.2 Å². The first kappa shape index (κ1) is 66.6. The Balaban J connectivity index is 4.12. The standard InChI is InChI=1S/C65H104O6/c1-4-7-10-13-15-17-19-21-23-25-26-27-28-29-30-31-32-33-34-35-36-37-38-40-41-43-45-47-49-52-55-58-64(67)70-61-62(60-69-63(66)57-54-51-12-9-6-3)71-65(68)59-56-53-50-48-46-44-42-39-24-22-20-18-16-14-11-8-5-2/h7-8,10-11,15-18,21-24,26-27,29-30,32-33,42,44,48,50,62H,4-6,9,12-14,19-20,25,28,31,34-41,43,45-47,49,51-61H2,1-3H3/b10-7-,11-8-,17-15-,18-16-,23-21-,24-22-,27-26-,30-29-,33-32-,44-42-,50-48-. The normalized spacial score (nSPS) is 13.1. The fourth-order valence-corrected chi connectivity index (χ4v) is 7.42. The maximum absolute atomic E-state index is 12.7. The molecule has 1 unspecified atom stereocenters. The Morgan fingerprint density at radius 2 is 0.563 bits per heavy atom. The van der Waals surface area contributed by atoms with Gasteiger partial charge in [-0.05, 0) is 109 Å². The average Bonchev–Trinajstić information content (AvgIpc) is 3.37. The Bertz CT molecular complexity index is 1550. The van der Waals surface area contributed by atoms with Crippen molar-refractivity contribution in [3.8, 4) is 0 Å². The van der Waals surface area contributed by atoms with Crippen molar-refractivity contribution >= 4 is 17.9 Å². The Hall–Kier alpha value is -4.45. The van der Waals surface area contributed by atoms with Crippen LogP contribution in [-0.2, 0) is 28.6 Å². The van der Waals surface area contributed by atoms with E-state index in [1.807, 2.05) is 0 Å². The van der Waals surface area contributed by atoms with Crippen LogP contribution in [0.4, 0.5) is 0 Å². The van der Waals surface area contributed by atoms with Crippen molar-refractivity contribution < 1.29 is 28.6 Å². The highest BCUT2D eigenvalue weighted by Crippen LogP contribution is 2.14. The van der Waals surface area contributed by atoms with E-state index in [2.05, 4.69) is 154 Å². The highest BCUT2D eigenvalue weighted by molar-refractivity contribution is 5.71. The van der Waals surface area contributed by atoms with E-state index in [1.54, 1.807) is 0 Å². The van der Waals surface area contributed by atoms with Gasteiger partial charge < -0.3 is 14.2 Å². The molecular formula is C65H104O6. The number of hydrogen-bond donors (Lipinski definition) is 0. The predicted octanol–water partition coefficient (Wildman–Crippen LogP) is 19.4. The van der Waals surface area contributed by atoms with Crippen molar-refractivity contribution in [2.45, 2.75) is 245 Å². The molecule has 400 valence electrons. The highest BCUT2D eigenvalue weighted by atomic mass is 16.6. The van der Waals surface area contributed by atoms with Gasteiger partial charge in [0.15, 0.2) is 6.10 Å². The summed E-state index contributed by atoms with van der Waals surface area (Å²) < 4.78 is 16.6. The molecule has 0 aliphatic rings. The first-order chi connectivity index (χ1) is 35.0. The van der Waals surface area contributed by atoms with Crippen LogP contribution in [0, 0.1) is 0 Å². The smallest absolute Gasteiger partial charge is 0.306 e. The zero-order valence-electron chi connectivity index (χ0n) is 45.7. The van der Waals surface area contributed by atoms with Gasteiger partial charge in [0.2, 0.25) is 0 Å². The third-order valence-electron chi connectivity index (χ3n) is 11.7. The molecule has 0 aromatic heterocycles. The number of carbonyl (C=O) groups excluding carboxylic acids is 3. The number of carbonyl (C=O) groups is 3. The number of rotatable bonds is 50. The third kappa shape index (κ3) is 56.3. The van der Waals surface area contributed by atoms with Crippen molar-refractivity contribution in [2.75, 3.05) is 13.2 Å². The summed E-state index contributed by atoms with van der Waals surface area (Å²) in [4.78, 5) is 37.7. The summed E-state index contributed by atoms with van der Waals surface area (Å²) in [5.41, 5.74) is 0. The minimum absolute atomic E-state index is 0.105. The van der Waals surface area contributed by atoms with Crippen molar-refractivity contribution in [1.82, 2.24) is 0 Å². The SMILES string of the molecule is CC/C=C\C/C=C\C/C=C\C/C=C\C/C=C\C/C=C\CCCCCCCCCCCCCCC(=O)OCC(COC(=O)CCCCCCC)OC(=O)CCC/C=C\C/C=C\C/C=C\C/C=C\C/C=C\CC. The Kier molecular flexibility index (Phi) is 54.5. The van der Waals surface area contributed by atoms with Crippen molar-refractivity contribution in [2.24, 2.45) is 0 Å². The number of allylic oxidation sites excluding steroid dienone is 22. The molecule has 0 aromatic rings. The summed E-state index contributed by atoms with van der Waals surface area (Å²) >= 11 is 0. The van der Waals surface area contributed by atoms with Gasteiger partial charge in [0.05, 0.1) is 0 Å². The molecule has 0 N–H and O–H groups in total. The lowest BCUT2D eigenvalue weighted by atomic mass is 10.0. The van der Waals surface area contributed by atoms with E-state index in [4.69, 9.17) is 14.2 Å². The van der Waals surface area contributed by atoms with Gasteiger partial charge in [-0.2, -0.15) is 0 Å². The predicted molar refractivity (Wildman–Crippen MR) is 306 cm³/mol. The monoisotopic (exact) mass is 981 g/mol. The number of esters is 3. The number of hydrogen-bond acceptors (Lipinski definition) is 6. The molecule has 0 rings (SSSR count). The molecule has 0 radical (unpaired) electrons. The lowest BCUT2D eigenvalue weighted by Gasteiger charge is -2.18. The zero-order chi connectivity index (χ0) is 51.4. The average molecular weight is 982 g/mol. The Morgan fingerprint density at radius 3 is 0.901 bits per heavy atom. The molecule has 0 aromatic carbocycles. The lowest BCUT2D eigenvalue weighted by molar-refractivity contribution is -0.167. The Morgan fingerprint density at radius 1 is 0.296 bits per heavy atom. The van der Waals surface area contributed by atoms with Crippen LogP contribution < -0.4 is 0 Å². The summed E-state index contributed by atoms with van der Waals surface area (Å²) in [6.45, 7) is 6.26. The van der Waals surface area contributed by atoms with E-state index in [0.29, 0.717) is 19.3 Å². The van der Waals surface area contributed by atoms with Gasteiger partial charge in [0, 0.05) is 19.3 Å². The fourth-order valence-electron chi connectivity index (χ4n) is 7.42. The van der Waals surface area contributed by atoms with E-state index in [0.717, 1.165) is 128 Å². The molecule has 0 fully saturated rings. The van der Waals surface area contributed by atoms with E-state index >= 15 is 0 Å². The number of ether oxygens (including phenoxy) is 3. The minimum Gasteiger partial charge on any atom is -0.462 e. The largest absolute Gasteiger partial charge is 0.462 e. The third-order valence-corrected chi connectivity index (χ3v) is 11.7. The second kappa shape index (κ2) is 58.1. The van der Waals surface area contributed by atoms with Crippen molar-refractivity contribution in [3.63, 3.8) is 0 Å². The molecular weight excluding hydrogens is 877 g/mol. The molecule has 0 bridgehead atoms. The lowest BCUT2D eigenvalue weighted by Crippen LogP contribution is -2.30. The van der Waals surface area contributed by atoms with Crippen LogP contribution in [0.3, 0.4) is 0 Å². The van der Waals surface area contributed by atoms with Crippen molar-refractivity contribution in [3.05, 3.63) is 134 Å². The molecule has 1 atom stereocenters. The van der Waals surface area contributed by atoms with Gasteiger partial charge in [-0.1, -0.05) is 244 Å². The quantitative estimate of drug-likeness (QED) is 0.0262. The Labute approximate surface area is 436 Å². The summed E-state index contributed by atoms with van der Waals surface area (Å²) in [6, 6.07) is 0. The van der Waals surface area contributed by atoms with Crippen LogP contribution in [0.2, 0.25) is 0 Å². The van der Waals surface area contributed by atoms with E-state index in [9.17, 15) is 14.4 Å². The molecule has 6 heteroatoms. The van der Waals surface area contributed by atoms with Gasteiger partial charge in [0.25, 0.3) is 0 Å². The van der Waals surface area contributed by atoms with Crippen LogP contribution in [-0.4, -0.2) is 37.2 Å². The van der Waals surface area contributed by atoms with Crippen LogP contribution in [0.15, 0.2) is 134 Å². The maximum atomic E-state index is 12.7. The molecule has 0 saturated heterocycles. The fraction of sp³-hybridized carbons (Fsp3) is 0.615. The van der Waals surface area contributed by atoms with Gasteiger partial charge in [-0.25, -0.2) is 0 Å². The summed E-state index contributed by atoms with van der Waals surface area (Å²) in [7, 11) is 0. The molecule has 6 nitrogen and oxygen atoms in total. The van der Waals surface area contributed by atoms with Crippen LogP contribution in [0.25, 0.3) is 0 Å². The first-order valence-corrected chi connectivity index (χ1v) is 28.7. The van der Waals surface area contributed by atoms with Crippen LogP contribution in [0.1, 0.15) is 239 Å². The van der Waals surface area contributed by atoms with E-state index in [1.165, 1.54) is 64.2 Å². The second-order valence-electron chi connectivity index (χ2n) is 18.4. The minimum atomic E-state index is -0.808. The molecule has 0 heterocycles. The highest BCUT2D eigenvalue weighted by Gasteiger charge is 2.19. The summed E-state index contributed by atoms with van der Waals surface area (Å²) in [6.07, 6.45) is 82.2. The van der Waals surface area contributed by atoms with Gasteiger partial charge in [-0.3, -0.25) is 14.4 Å². The topological polar surface area (TPSA) is 78.9 Å². The van der Waals surface area contributed by atoms with Crippen LogP contribution >= 0.6 is 0 Å². The van der Waals surface area contributed by atoms with Gasteiger partial charge in [-0.15, -0.1) is 0 Å². The van der Waals surface area contributed by atoms with Crippen molar-refractivity contribution in [1.29, 1.82) is 0 Å². The molecule has 0 saturated carbocycles.